The van der Waals surface area contributed by atoms with Crippen LogP contribution in [-0.2, 0) is 24.0 Å². The van der Waals surface area contributed by atoms with Crippen LogP contribution in [0.1, 0.15) is 93.4 Å². The van der Waals surface area contributed by atoms with Gasteiger partial charge in [-0.25, -0.2) is 9.59 Å². The number of nitrogens with one attached hydrogen (secondary N) is 5. The van der Waals surface area contributed by atoms with Gasteiger partial charge in [-0.15, -0.1) is 6.58 Å². The van der Waals surface area contributed by atoms with Crippen LogP contribution in [0.15, 0.2) is 12.7 Å². The molecular weight excluding hydrogens is 654 g/mol. The Labute approximate surface area is 302 Å². The largest absolute Gasteiger partial charge is 0.346 e. The Hall–Kier alpha value is -3.97. The van der Waals surface area contributed by atoms with E-state index in [1.165, 1.54) is 11.0 Å². The fourth-order valence-electron chi connectivity index (χ4n) is 7.78. The summed E-state index contributed by atoms with van der Waals surface area (Å²) in [6.07, 6.45) is 6.89. The minimum atomic E-state index is -1.11. The number of nitrogens with zero attached hydrogens (tertiary/aromatic N) is 2. The van der Waals surface area contributed by atoms with E-state index in [9.17, 15) is 33.6 Å². The standard InChI is InChI=1S/C37H59N7O7/c1-9-16-38-32(48)29(46)24(18-22-13-12-14-22)39-31(47)28-27-23(37(27,7)8)19-44(28)33(49)30(36(4,5)6)41-35(51)42-34(50)40-25(21(2)3)20-43-17-11-10-15-26(43)45/h9,21-25,27-28,30H,1,10-20H2,2-8H3,(H,38,48)(H,39,47)(H3,40,41,42,50,51)/t23-,24?,25+,27-,28-,30+/m0/s1. The first kappa shape index (κ1) is 39.8. The highest BCUT2D eigenvalue weighted by molar-refractivity contribution is 6.38. The molecule has 8 amide bonds. The number of Topliss-reactive ketones (excluding diaryl/α,β-unsaturated/α-hetero) is 1. The van der Waals surface area contributed by atoms with Gasteiger partial charge in [0.15, 0.2) is 0 Å². The summed E-state index contributed by atoms with van der Waals surface area (Å²) in [6, 6.07) is -5.07. The van der Waals surface area contributed by atoms with Gasteiger partial charge in [0.2, 0.25) is 23.5 Å². The molecule has 0 radical (unpaired) electrons. The molecule has 1 unspecified atom stereocenters. The van der Waals surface area contributed by atoms with Crippen molar-refractivity contribution in [2.45, 2.75) is 118 Å². The van der Waals surface area contributed by atoms with Gasteiger partial charge in [-0.1, -0.05) is 73.8 Å². The molecule has 2 aliphatic carbocycles. The number of hydrogen-bond donors (Lipinski definition) is 5. The van der Waals surface area contributed by atoms with Crippen LogP contribution in [0, 0.1) is 34.5 Å². The Bertz CT molecular complexity index is 1390. The average Bonchev–Trinajstić information content (AvgIpc) is 3.33. The average molecular weight is 714 g/mol. The molecule has 2 heterocycles. The molecule has 0 bridgehead atoms. The molecule has 284 valence electrons. The molecule has 4 aliphatic rings. The highest BCUT2D eigenvalue weighted by Crippen LogP contribution is 2.65. The van der Waals surface area contributed by atoms with Crippen molar-refractivity contribution in [3.63, 3.8) is 0 Å². The number of imide groups is 1. The molecule has 14 nitrogen and oxygen atoms in total. The van der Waals surface area contributed by atoms with Gasteiger partial charge in [-0.2, -0.15) is 0 Å². The molecule has 2 aliphatic heterocycles. The molecule has 0 spiro atoms. The number of rotatable bonds is 14. The maximum Gasteiger partial charge on any atom is 0.323 e. The van der Waals surface area contributed by atoms with Gasteiger partial charge in [0.25, 0.3) is 5.91 Å². The summed E-state index contributed by atoms with van der Waals surface area (Å²) in [4.78, 5) is 96.1. The fourth-order valence-corrected chi connectivity index (χ4v) is 7.78. The van der Waals surface area contributed by atoms with Crippen LogP contribution < -0.4 is 26.6 Å². The molecule has 2 saturated carbocycles. The van der Waals surface area contributed by atoms with E-state index in [-0.39, 0.29) is 48.1 Å². The third-order valence-corrected chi connectivity index (χ3v) is 11.4. The number of carbonyl (C=O) groups is 7. The number of likely N-dealkylation sites (tertiary alicyclic amines) is 2. The van der Waals surface area contributed by atoms with E-state index in [1.807, 2.05) is 27.7 Å². The van der Waals surface area contributed by atoms with E-state index < -0.39 is 65.1 Å². The lowest BCUT2D eigenvalue weighted by Gasteiger charge is -2.38. The molecule has 0 aromatic rings. The van der Waals surface area contributed by atoms with Crippen LogP contribution in [0.5, 0.6) is 0 Å². The molecule has 51 heavy (non-hydrogen) atoms. The summed E-state index contributed by atoms with van der Waals surface area (Å²) in [7, 11) is 0. The van der Waals surface area contributed by atoms with Crippen LogP contribution in [-0.4, -0.2) is 102 Å². The van der Waals surface area contributed by atoms with Crippen LogP contribution >= 0.6 is 0 Å². The summed E-state index contributed by atoms with van der Waals surface area (Å²) < 4.78 is 0. The SMILES string of the molecule is C=CCNC(=O)C(=O)C(CC1CCC1)NC(=O)[C@@H]1[C@@H]2[C@H](CN1C(=O)[C@@H](NC(=O)NC(=O)N[C@H](CN1CCCCC1=O)C(C)C)C(C)(C)C)C2(C)C. The lowest BCUT2D eigenvalue weighted by atomic mass is 9.80. The smallest absolute Gasteiger partial charge is 0.323 e. The zero-order valence-electron chi connectivity index (χ0n) is 31.4. The second-order valence-electron chi connectivity index (χ2n) is 16.9. The predicted octanol–water partition coefficient (Wildman–Crippen LogP) is 2.48. The normalized spacial score (nSPS) is 24.3. The lowest BCUT2D eigenvalue weighted by Crippen LogP contribution is -2.62. The van der Waals surface area contributed by atoms with Crippen molar-refractivity contribution in [2.75, 3.05) is 26.2 Å². The van der Waals surface area contributed by atoms with Crippen molar-refractivity contribution in [3.8, 4) is 0 Å². The zero-order chi connectivity index (χ0) is 37.8. The maximum absolute atomic E-state index is 14.3. The number of hydrogen-bond acceptors (Lipinski definition) is 7. The third kappa shape index (κ3) is 9.48. The van der Waals surface area contributed by atoms with Gasteiger partial charge in [0.1, 0.15) is 12.1 Å². The summed E-state index contributed by atoms with van der Waals surface area (Å²) in [5.74, 6) is -2.40. The minimum Gasteiger partial charge on any atom is -0.346 e. The molecule has 0 aromatic heterocycles. The number of amides is 8. The number of fused-ring (bicyclic) bond motifs is 1. The lowest BCUT2D eigenvalue weighted by molar-refractivity contribution is -0.145. The second-order valence-corrected chi connectivity index (χ2v) is 16.9. The Balaban J connectivity index is 1.45. The first-order valence-electron chi connectivity index (χ1n) is 18.6. The van der Waals surface area contributed by atoms with E-state index in [0.717, 1.165) is 32.1 Å². The van der Waals surface area contributed by atoms with Gasteiger partial charge in [0.05, 0.1) is 12.1 Å². The van der Waals surface area contributed by atoms with Crippen LogP contribution in [0.3, 0.4) is 0 Å². The molecule has 5 N–H and O–H groups in total. The minimum absolute atomic E-state index is 0.0171. The number of ketones is 1. The summed E-state index contributed by atoms with van der Waals surface area (Å²) in [6.45, 7) is 18.2. The molecule has 4 rings (SSSR count). The van der Waals surface area contributed by atoms with E-state index in [4.69, 9.17) is 0 Å². The highest BCUT2D eigenvalue weighted by atomic mass is 16.2. The monoisotopic (exact) mass is 713 g/mol. The molecule has 14 heteroatoms. The third-order valence-electron chi connectivity index (χ3n) is 11.4. The van der Waals surface area contributed by atoms with Gasteiger partial charge < -0.3 is 31.1 Å². The van der Waals surface area contributed by atoms with Crippen molar-refractivity contribution >= 4 is 41.5 Å². The second kappa shape index (κ2) is 16.1. The quantitative estimate of drug-likeness (QED) is 0.135. The Morgan fingerprint density at radius 3 is 2.22 bits per heavy atom. The first-order valence-corrected chi connectivity index (χ1v) is 18.6. The number of piperidine rings is 2. The molecule has 2 saturated heterocycles. The zero-order valence-corrected chi connectivity index (χ0v) is 31.4. The van der Waals surface area contributed by atoms with E-state index in [0.29, 0.717) is 25.9 Å². The van der Waals surface area contributed by atoms with Gasteiger partial charge in [0, 0.05) is 32.6 Å². The Morgan fingerprint density at radius 2 is 1.65 bits per heavy atom. The van der Waals surface area contributed by atoms with Crippen LogP contribution in [0.4, 0.5) is 9.59 Å². The van der Waals surface area contributed by atoms with E-state index in [2.05, 4.69) is 33.2 Å². The van der Waals surface area contributed by atoms with Crippen LogP contribution in [0.2, 0.25) is 0 Å². The van der Waals surface area contributed by atoms with Crippen molar-refractivity contribution < 1.29 is 33.6 Å². The fraction of sp³-hybridized carbons (Fsp3) is 0.757. The first-order chi connectivity index (χ1) is 23.9. The van der Waals surface area contributed by atoms with Crippen molar-refractivity contribution in [3.05, 3.63) is 12.7 Å². The summed E-state index contributed by atoms with van der Waals surface area (Å²) in [5.41, 5.74) is -1.03. The van der Waals surface area contributed by atoms with Crippen molar-refractivity contribution in [1.29, 1.82) is 0 Å². The maximum atomic E-state index is 14.3. The molecule has 0 aromatic carbocycles. The molecule has 4 fully saturated rings. The van der Waals surface area contributed by atoms with Crippen molar-refractivity contribution in [2.24, 2.45) is 34.5 Å². The van der Waals surface area contributed by atoms with Gasteiger partial charge in [-0.05, 0) is 53.8 Å². The number of carbonyl (C=O) groups excluding carboxylic acids is 7. The molecular formula is C37H59N7O7. The van der Waals surface area contributed by atoms with E-state index >= 15 is 0 Å². The summed E-state index contributed by atoms with van der Waals surface area (Å²) in [5, 5.41) is 13.1. The highest BCUT2D eigenvalue weighted by Gasteiger charge is 2.70. The number of urea groups is 2. The topological polar surface area (TPSA) is 186 Å². The van der Waals surface area contributed by atoms with Gasteiger partial charge >= 0.3 is 12.1 Å². The molecule has 6 atom stereocenters. The van der Waals surface area contributed by atoms with Crippen LogP contribution in [0.25, 0.3) is 0 Å². The summed E-state index contributed by atoms with van der Waals surface area (Å²) >= 11 is 0. The Morgan fingerprint density at radius 1 is 0.980 bits per heavy atom. The Kier molecular flexibility index (Phi) is 12.6. The van der Waals surface area contributed by atoms with Crippen molar-refractivity contribution in [1.82, 2.24) is 36.4 Å². The van der Waals surface area contributed by atoms with E-state index in [1.54, 1.807) is 25.7 Å². The predicted molar refractivity (Wildman–Crippen MR) is 191 cm³/mol. The van der Waals surface area contributed by atoms with Gasteiger partial charge in [-0.3, -0.25) is 29.3 Å².